The van der Waals surface area contributed by atoms with Gasteiger partial charge in [0.15, 0.2) is 0 Å². The smallest absolute Gasteiger partial charge is 0.115 e. The van der Waals surface area contributed by atoms with Crippen LogP contribution in [0.5, 0.6) is 5.75 Å². The maximum Gasteiger partial charge on any atom is 0.115 e. The molecule has 1 aromatic heterocycles. The molecule has 2 aromatic rings. The van der Waals surface area contributed by atoms with Crippen LogP contribution in [0.25, 0.3) is 0 Å². The van der Waals surface area contributed by atoms with Crippen LogP contribution >= 0.6 is 0 Å². The minimum Gasteiger partial charge on any atom is -0.508 e. The van der Waals surface area contributed by atoms with E-state index in [2.05, 4.69) is 16.9 Å². The minimum atomic E-state index is 0.322. The van der Waals surface area contributed by atoms with Gasteiger partial charge < -0.3 is 10.1 Å². The molecule has 0 radical (unpaired) electrons. The van der Waals surface area contributed by atoms with E-state index in [-0.39, 0.29) is 0 Å². The van der Waals surface area contributed by atoms with Crippen molar-refractivity contribution in [2.75, 3.05) is 0 Å². The molecule has 0 aliphatic heterocycles. The number of rotatable bonds is 1. The van der Waals surface area contributed by atoms with E-state index in [9.17, 15) is 0 Å². The Balaban J connectivity index is 0.000000151. The highest BCUT2D eigenvalue weighted by Crippen LogP contribution is 2.02. The molecule has 2 rings (SSSR count). The van der Waals surface area contributed by atoms with E-state index in [1.54, 1.807) is 24.3 Å². The summed E-state index contributed by atoms with van der Waals surface area (Å²) in [4.78, 5) is 7.19. The zero-order valence-corrected chi connectivity index (χ0v) is 9.07. The number of aromatic nitrogens is 2. The van der Waals surface area contributed by atoms with Crippen LogP contribution in [-0.4, -0.2) is 15.1 Å². The topological polar surface area (TPSA) is 48.9 Å². The SMILES string of the molecule is CCc1ncc(C)[nH]1.Oc1ccccc1. The molecule has 0 aliphatic rings. The Kier molecular flexibility index (Phi) is 4.41. The first-order chi connectivity index (χ1) is 7.22. The highest BCUT2D eigenvalue weighted by atomic mass is 16.3. The van der Waals surface area contributed by atoms with Crippen LogP contribution in [0.4, 0.5) is 0 Å². The van der Waals surface area contributed by atoms with Crippen LogP contribution < -0.4 is 0 Å². The molecular formula is C12H16N2O. The summed E-state index contributed by atoms with van der Waals surface area (Å²) < 4.78 is 0. The van der Waals surface area contributed by atoms with Gasteiger partial charge in [-0.1, -0.05) is 25.1 Å². The van der Waals surface area contributed by atoms with Gasteiger partial charge in [-0.3, -0.25) is 0 Å². The van der Waals surface area contributed by atoms with Gasteiger partial charge in [0.25, 0.3) is 0 Å². The number of imidazole rings is 1. The lowest BCUT2D eigenvalue weighted by Gasteiger charge is -1.82. The molecule has 2 N–H and O–H groups in total. The van der Waals surface area contributed by atoms with Crippen LogP contribution in [0.2, 0.25) is 0 Å². The molecule has 15 heavy (non-hydrogen) atoms. The fraction of sp³-hybridized carbons (Fsp3) is 0.250. The molecule has 0 atom stereocenters. The van der Waals surface area contributed by atoms with E-state index in [4.69, 9.17) is 5.11 Å². The van der Waals surface area contributed by atoms with Crippen molar-refractivity contribution in [1.29, 1.82) is 0 Å². The van der Waals surface area contributed by atoms with Gasteiger partial charge >= 0.3 is 0 Å². The average Bonchev–Trinajstić information content (AvgIpc) is 2.66. The summed E-state index contributed by atoms with van der Waals surface area (Å²) in [6.07, 6.45) is 2.84. The molecule has 3 heteroatoms. The molecule has 1 heterocycles. The summed E-state index contributed by atoms with van der Waals surface area (Å²) in [6.45, 7) is 4.09. The van der Waals surface area contributed by atoms with Gasteiger partial charge in [-0.05, 0) is 19.1 Å². The average molecular weight is 204 g/mol. The standard InChI is InChI=1S/C6H10N2.C6H6O/c1-3-6-7-4-5(2)8-6;7-6-4-2-1-3-5-6/h4H,3H2,1-2H3,(H,7,8);1-5,7H. The highest BCUT2D eigenvalue weighted by molar-refractivity contribution is 5.18. The van der Waals surface area contributed by atoms with Gasteiger partial charge in [0, 0.05) is 18.3 Å². The number of nitrogens with one attached hydrogen (secondary N) is 1. The first kappa shape index (κ1) is 11.3. The predicted molar refractivity (Wildman–Crippen MR) is 60.8 cm³/mol. The van der Waals surface area contributed by atoms with Crippen LogP contribution in [0.15, 0.2) is 36.5 Å². The third-order valence-electron chi connectivity index (χ3n) is 1.85. The van der Waals surface area contributed by atoms with Crippen molar-refractivity contribution in [1.82, 2.24) is 9.97 Å². The van der Waals surface area contributed by atoms with Crippen molar-refractivity contribution < 1.29 is 5.11 Å². The Morgan fingerprint density at radius 3 is 2.20 bits per heavy atom. The molecule has 0 aliphatic carbocycles. The number of hydrogen-bond acceptors (Lipinski definition) is 2. The van der Waals surface area contributed by atoms with Crippen LogP contribution in [0, 0.1) is 6.92 Å². The summed E-state index contributed by atoms with van der Waals surface area (Å²) in [5.41, 5.74) is 1.14. The third kappa shape index (κ3) is 4.31. The second-order valence-electron chi connectivity index (χ2n) is 3.20. The van der Waals surface area contributed by atoms with Gasteiger partial charge in [0.1, 0.15) is 11.6 Å². The number of aryl methyl sites for hydroxylation is 2. The Bertz CT molecular complexity index is 382. The lowest BCUT2D eigenvalue weighted by atomic mass is 10.3. The van der Waals surface area contributed by atoms with Gasteiger partial charge in [0.2, 0.25) is 0 Å². The molecule has 0 spiro atoms. The van der Waals surface area contributed by atoms with E-state index in [1.165, 1.54) is 0 Å². The quantitative estimate of drug-likeness (QED) is 0.750. The molecule has 3 nitrogen and oxygen atoms in total. The third-order valence-corrected chi connectivity index (χ3v) is 1.85. The van der Waals surface area contributed by atoms with Crippen molar-refractivity contribution in [3.63, 3.8) is 0 Å². The summed E-state index contributed by atoms with van der Waals surface area (Å²) in [5.74, 6) is 1.39. The highest BCUT2D eigenvalue weighted by Gasteiger charge is 1.89. The summed E-state index contributed by atoms with van der Waals surface area (Å²) in [5, 5.41) is 8.63. The Morgan fingerprint density at radius 2 is 1.93 bits per heavy atom. The number of phenols is 1. The largest absolute Gasteiger partial charge is 0.508 e. The Morgan fingerprint density at radius 1 is 1.27 bits per heavy atom. The molecule has 0 unspecified atom stereocenters. The summed E-state index contributed by atoms with van der Waals surface area (Å²) in [6, 6.07) is 8.71. The van der Waals surface area contributed by atoms with Gasteiger partial charge in [-0.25, -0.2) is 4.98 Å². The molecule has 0 saturated carbocycles. The lowest BCUT2D eigenvalue weighted by molar-refractivity contribution is 0.475. The van der Waals surface area contributed by atoms with Gasteiger partial charge in [-0.15, -0.1) is 0 Å². The van der Waals surface area contributed by atoms with E-state index >= 15 is 0 Å². The van der Waals surface area contributed by atoms with E-state index < -0.39 is 0 Å². The first-order valence-corrected chi connectivity index (χ1v) is 4.97. The zero-order chi connectivity index (χ0) is 11.1. The number of para-hydroxylation sites is 1. The molecule has 0 saturated heterocycles. The monoisotopic (exact) mass is 204 g/mol. The van der Waals surface area contributed by atoms with Crippen molar-refractivity contribution in [2.45, 2.75) is 20.3 Å². The molecule has 0 amide bonds. The molecule has 0 bridgehead atoms. The fourth-order valence-corrected chi connectivity index (χ4v) is 1.07. The van der Waals surface area contributed by atoms with Gasteiger partial charge in [-0.2, -0.15) is 0 Å². The summed E-state index contributed by atoms with van der Waals surface area (Å²) >= 11 is 0. The van der Waals surface area contributed by atoms with Crippen LogP contribution in [-0.2, 0) is 6.42 Å². The van der Waals surface area contributed by atoms with Crippen LogP contribution in [0.1, 0.15) is 18.4 Å². The van der Waals surface area contributed by atoms with E-state index in [0.29, 0.717) is 5.75 Å². The first-order valence-electron chi connectivity index (χ1n) is 4.97. The van der Waals surface area contributed by atoms with Crippen molar-refractivity contribution in [3.05, 3.63) is 48.0 Å². The molecular weight excluding hydrogens is 188 g/mol. The predicted octanol–water partition coefficient (Wildman–Crippen LogP) is 2.67. The number of hydrogen-bond donors (Lipinski definition) is 2. The number of H-pyrrole nitrogens is 1. The van der Waals surface area contributed by atoms with Crippen molar-refractivity contribution in [3.8, 4) is 5.75 Å². The minimum absolute atomic E-state index is 0.322. The van der Waals surface area contributed by atoms with E-state index in [0.717, 1.165) is 17.9 Å². The Hall–Kier alpha value is -1.77. The number of aromatic amines is 1. The van der Waals surface area contributed by atoms with Crippen molar-refractivity contribution in [2.24, 2.45) is 0 Å². The molecule has 0 fully saturated rings. The second kappa shape index (κ2) is 5.86. The van der Waals surface area contributed by atoms with Crippen molar-refractivity contribution >= 4 is 0 Å². The van der Waals surface area contributed by atoms with Gasteiger partial charge in [0.05, 0.1) is 0 Å². The normalized spacial score (nSPS) is 9.20. The van der Waals surface area contributed by atoms with Crippen LogP contribution in [0.3, 0.4) is 0 Å². The molecule has 1 aromatic carbocycles. The van der Waals surface area contributed by atoms with E-state index in [1.807, 2.05) is 19.2 Å². The number of aromatic hydroxyl groups is 1. The maximum absolute atomic E-state index is 8.63. The lowest BCUT2D eigenvalue weighted by Crippen LogP contribution is -1.80. The Labute approximate surface area is 89.8 Å². The molecule has 80 valence electrons. The fourth-order valence-electron chi connectivity index (χ4n) is 1.07. The zero-order valence-electron chi connectivity index (χ0n) is 9.07. The number of benzene rings is 1. The second-order valence-corrected chi connectivity index (χ2v) is 3.20. The summed E-state index contributed by atoms with van der Waals surface area (Å²) in [7, 11) is 0. The maximum atomic E-state index is 8.63. The number of phenolic OH excluding ortho intramolecular Hbond substituents is 1. The number of nitrogens with zero attached hydrogens (tertiary/aromatic N) is 1.